The van der Waals surface area contributed by atoms with Crippen molar-refractivity contribution < 1.29 is 0 Å². The van der Waals surface area contributed by atoms with Crippen LogP contribution in [0.3, 0.4) is 0 Å². The van der Waals surface area contributed by atoms with Crippen molar-refractivity contribution in [2.75, 3.05) is 12.3 Å². The number of aromatic nitrogens is 2. The van der Waals surface area contributed by atoms with Crippen LogP contribution in [0.2, 0.25) is 5.28 Å². The van der Waals surface area contributed by atoms with Crippen LogP contribution in [0.4, 0.5) is 5.82 Å². The molecule has 0 aliphatic heterocycles. The second kappa shape index (κ2) is 4.79. The second-order valence-corrected chi connectivity index (χ2v) is 2.80. The highest BCUT2D eigenvalue weighted by Gasteiger charge is 1.97. The Morgan fingerprint density at radius 2 is 2.31 bits per heavy atom. The van der Waals surface area contributed by atoms with E-state index in [4.69, 9.17) is 23.1 Å². The zero-order valence-electron chi connectivity index (χ0n) is 7.07. The minimum absolute atomic E-state index is 0.161. The fourth-order valence-corrected chi connectivity index (χ4v) is 0.957. The Morgan fingerprint density at radius 1 is 1.54 bits per heavy atom. The third kappa shape index (κ3) is 3.01. The van der Waals surface area contributed by atoms with Crippen LogP contribution in [0.15, 0.2) is 12.3 Å². The predicted molar refractivity (Wildman–Crippen MR) is 54.2 cm³/mol. The molecular formula is C8H11ClN4. The van der Waals surface area contributed by atoms with Gasteiger partial charge in [-0.3, -0.25) is 0 Å². The average molecular weight is 199 g/mol. The molecule has 1 heterocycles. The Balaban J connectivity index is 2.77. The van der Waals surface area contributed by atoms with Gasteiger partial charge >= 0.3 is 0 Å². The van der Waals surface area contributed by atoms with Gasteiger partial charge in [0.1, 0.15) is 5.82 Å². The molecule has 0 bridgehead atoms. The summed E-state index contributed by atoms with van der Waals surface area (Å²) in [7, 11) is 0. The van der Waals surface area contributed by atoms with E-state index in [1.807, 2.05) is 12.2 Å². The maximum absolute atomic E-state index is 5.59. The van der Waals surface area contributed by atoms with Crippen LogP contribution in [-0.4, -0.2) is 16.5 Å². The summed E-state index contributed by atoms with van der Waals surface area (Å²) in [5.41, 5.74) is 11.7. The minimum atomic E-state index is 0.161. The van der Waals surface area contributed by atoms with Crippen molar-refractivity contribution in [2.45, 2.75) is 6.42 Å². The molecule has 0 saturated carbocycles. The van der Waals surface area contributed by atoms with Gasteiger partial charge in [0.05, 0.1) is 0 Å². The van der Waals surface area contributed by atoms with E-state index >= 15 is 0 Å². The maximum atomic E-state index is 5.59. The van der Waals surface area contributed by atoms with Crippen LogP contribution in [0.5, 0.6) is 0 Å². The Labute approximate surface area is 81.6 Å². The molecule has 0 aromatic carbocycles. The summed E-state index contributed by atoms with van der Waals surface area (Å²) in [5.74, 6) is 0.383. The van der Waals surface area contributed by atoms with E-state index in [0.29, 0.717) is 12.4 Å². The number of nitrogens with two attached hydrogens (primary N) is 2. The molecule has 1 aromatic rings. The third-order valence-corrected chi connectivity index (χ3v) is 1.63. The first kappa shape index (κ1) is 9.95. The van der Waals surface area contributed by atoms with Gasteiger partial charge in [0, 0.05) is 11.8 Å². The first-order valence-corrected chi connectivity index (χ1v) is 4.26. The molecule has 0 fully saturated rings. The molecule has 0 aliphatic rings. The zero-order chi connectivity index (χ0) is 9.68. The van der Waals surface area contributed by atoms with Crippen LogP contribution in [-0.2, 0) is 0 Å². The molecule has 0 aliphatic carbocycles. The van der Waals surface area contributed by atoms with Crippen molar-refractivity contribution in [3.8, 4) is 0 Å². The molecule has 0 saturated heterocycles. The van der Waals surface area contributed by atoms with E-state index < -0.39 is 0 Å². The summed E-state index contributed by atoms with van der Waals surface area (Å²) < 4.78 is 0. The molecule has 0 unspecified atom stereocenters. The van der Waals surface area contributed by atoms with E-state index in [-0.39, 0.29) is 5.28 Å². The molecule has 0 atom stereocenters. The molecular weight excluding hydrogens is 188 g/mol. The summed E-state index contributed by atoms with van der Waals surface area (Å²) in [4.78, 5) is 7.61. The molecule has 4 N–H and O–H groups in total. The number of nitrogen functional groups attached to an aromatic ring is 1. The Morgan fingerprint density at radius 3 is 2.92 bits per heavy atom. The monoisotopic (exact) mass is 198 g/mol. The lowest BCUT2D eigenvalue weighted by Crippen LogP contribution is -1.97. The normalized spacial score (nSPS) is 10.9. The molecule has 5 heteroatoms. The summed E-state index contributed by atoms with van der Waals surface area (Å²) in [5, 5.41) is 0.161. The van der Waals surface area contributed by atoms with Gasteiger partial charge in [-0.15, -0.1) is 0 Å². The van der Waals surface area contributed by atoms with E-state index in [1.54, 1.807) is 6.20 Å². The van der Waals surface area contributed by atoms with Gasteiger partial charge in [0.15, 0.2) is 0 Å². The lowest BCUT2D eigenvalue weighted by Gasteiger charge is -1.97. The van der Waals surface area contributed by atoms with E-state index in [0.717, 1.165) is 12.0 Å². The SMILES string of the molecule is NCCC=Cc1cnc(Cl)nc1N. The largest absolute Gasteiger partial charge is 0.383 e. The molecule has 13 heavy (non-hydrogen) atoms. The topological polar surface area (TPSA) is 77.8 Å². The Kier molecular flexibility index (Phi) is 3.67. The highest BCUT2D eigenvalue weighted by Crippen LogP contribution is 2.11. The number of halogens is 1. The van der Waals surface area contributed by atoms with Crippen molar-refractivity contribution >= 4 is 23.5 Å². The minimum Gasteiger partial charge on any atom is -0.383 e. The summed E-state index contributed by atoms with van der Waals surface area (Å²) in [6, 6.07) is 0. The van der Waals surface area contributed by atoms with Crippen molar-refractivity contribution in [3.63, 3.8) is 0 Å². The number of hydrogen-bond donors (Lipinski definition) is 2. The highest BCUT2D eigenvalue weighted by molar-refractivity contribution is 6.28. The quantitative estimate of drug-likeness (QED) is 0.713. The van der Waals surface area contributed by atoms with Crippen molar-refractivity contribution in [1.82, 2.24) is 9.97 Å². The molecule has 0 amide bonds. The predicted octanol–water partition coefficient (Wildman–Crippen LogP) is 1.07. The van der Waals surface area contributed by atoms with E-state index in [2.05, 4.69) is 9.97 Å². The number of nitrogens with zero attached hydrogens (tertiary/aromatic N) is 2. The lowest BCUT2D eigenvalue weighted by molar-refractivity contribution is 1.01. The fourth-order valence-electron chi connectivity index (χ4n) is 0.817. The zero-order valence-corrected chi connectivity index (χ0v) is 7.83. The van der Waals surface area contributed by atoms with Crippen molar-refractivity contribution in [1.29, 1.82) is 0 Å². The number of rotatable bonds is 3. The third-order valence-electron chi connectivity index (χ3n) is 1.45. The smallest absolute Gasteiger partial charge is 0.224 e. The highest BCUT2D eigenvalue weighted by atomic mass is 35.5. The first-order chi connectivity index (χ1) is 6.24. The van der Waals surface area contributed by atoms with Gasteiger partial charge < -0.3 is 11.5 Å². The Bertz CT molecular complexity index is 311. The lowest BCUT2D eigenvalue weighted by atomic mass is 10.2. The van der Waals surface area contributed by atoms with Gasteiger partial charge in [-0.1, -0.05) is 12.2 Å². The molecule has 70 valence electrons. The molecule has 0 spiro atoms. The maximum Gasteiger partial charge on any atom is 0.224 e. The summed E-state index contributed by atoms with van der Waals surface area (Å²) in [6.45, 7) is 0.616. The summed E-state index contributed by atoms with van der Waals surface area (Å²) in [6.07, 6.45) is 6.14. The Hall–Kier alpha value is -1.13. The molecule has 4 nitrogen and oxygen atoms in total. The van der Waals surface area contributed by atoms with Crippen LogP contribution < -0.4 is 11.5 Å². The molecule has 1 aromatic heterocycles. The second-order valence-electron chi connectivity index (χ2n) is 2.46. The summed E-state index contributed by atoms with van der Waals surface area (Å²) >= 11 is 5.53. The van der Waals surface area contributed by atoms with Crippen LogP contribution >= 0.6 is 11.6 Å². The van der Waals surface area contributed by atoms with Gasteiger partial charge in [-0.2, -0.15) is 0 Å². The number of hydrogen-bond acceptors (Lipinski definition) is 4. The van der Waals surface area contributed by atoms with Crippen LogP contribution in [0.1, 0.15) is 12.0 Å². The van der Waals surface area contributed by atoms with Crippen molar-refractivity contribution in [2.24, 2.45) is 5.73 Å². The van der Waals surface area contributed by atoms with Crippen molar-refractivity contribution in [3.05, 3.63) is 23.1 Å². The number of anilines is 1. The molecule has 0 radical (unpaired) electrons. The standard InChI is InChI=1S/C8H11ClN4/c9-8-12-5-6(7(11)13-8)3-1-2-4-10/h1,3,5H,2,4,10H2,(H2,11,12,13). The van der Waals surface area contributed by atoms with E-state index in [9.17, 15) is 0 Å². The fraction of sp³-hybridized carbons (Fsp3) is 0.250. The average Bonchev–Trinajstić information content (AvgIpc) is 2.09. The van der Waals surface area contributed by atoms with E-state index in [1.165, 1.54) is 0 Å². The van der Waals surface area contributed by atoms with Gasteiger partial charge in [0.25, 0.3) is 0 Å². The van der Waals surface area contributed by atoms with Gasteiger partial charge in [-0.25, -0.2) is 9.97 Å². The molecule has 1 rings (SSSR count). The van der Waals surface area contributed by atoms with Crippen LogP contribution in [0.25, 0.3) is 6.08 Å². The van der Waals surface area contributed by atoms with Crippen LogP contribution in [0, 0.1) is 0 Å². The first-order valence-electron chi connectivity index (χ1n) is 3.88. The van der Waals surface area contributed by atoms with Gasteiger partial charge in [0.2, 0.25) is 5.28 Å². The van der Waals surface area contributed by atoms with Gasteiger partial charge in [-0.05, 0) is 24.6 Å².